The third-order valence-electron chi connectivity index (χ3n) is 4.03. The number of nitrogens with zero attached hydrogens (tertiary/aromatic N) is 1. The number of carboxylic acid groups (broad SMARTS) is 1. The number of carboxylic acids is 1. The van der Waals surface area contributed by atoms with Gasteiger partial charge in [0.2, 0.25) is 0 Å². The van der Waals surface area contributed by atoms with Crippen LogP contribution in [-0.2, 0) is 0 Å². The van der Waals surface area contributed by atoms with E-state index in [1.165, 1.54) is 6.07 Å². The van der Waals surface area contributed by atoms with Gasteiger partial charge in [-0.15, -0.1) is 0 Å². The lowest BCUT2D eigenvalue weighted by molar-refractivity contribution is 0.0698. The van der Waals surface area contributed by atoms with Crippen molar-refractivity contribution in [1.29, 1.82) is 0 Å². The molecule has 2 N–H and O–H groups in total. The second kappa shape index (κ2) is 6.16. The smallest absolute Gasteiger partial charge is 0.337 e. The van der Waals surface area contributed by atoms with Crippen LogP contribution in [0, 0.1) is 5.41 Å². The topological polar surface area (TPSA) is 69.6 Å². The van der Waals surface area contributed by atoms with E-state index < -0.39 is 5.97 Å². The minimum Gasteiger partial charge on any atom is -0.478 e. The van der Waals surface area contributed by atoms with Crippen LogP contribution in [0.5, 0.6) is 0 Å². The van der Waals surface area contributed by atoms with Crippen molar-refractivity contribution in [1.82, 2.24) is 4.90 Å². The molecule has 1 aliphatic heterocycles. The molecule has 5 nitrogen and oxygen atoms in total. The van der Waals surface area contributed by atoms with Crippen molar-refractivity contribution < 1.29 is 14.7 Å². The summed E-state index contributed by atoms with van der Waals surface area (Å²) in [6.07, 6.45) is 3.03. The lowest BCUT2D eigenvalue weighted by atomic mass is 9.85. The molecule has 1 heterocycles. The number of benzene rings is 1. The largest absolute Gasteiger partial charge is 0.478 e. The average molecular weight is 290 g/mol. The number of rotatable bonds is 2. The van der Waals surface area contributed by atoms with Gasteiger partial charge in [-0.2, -0.15) is 0 Å². The van der Waals surface area contributed by atoms with Gasteiger partial charge in [0.05, 0.1) is 11.3 Å². The van der Waals surface area contributed by atoms with E-state index in [9.17, 15) is 9.59 Å². The van der Waals surface area contributed by atoms with Gasteiger partial charge < -0.3 is 15.3 Å². The van der Waals surface area contributed by atoms with Crippen molar-refractivity contribution >= 4 is 17.7 Å². The van der Waals surface area contributed by atoms with Crippen LogP contribution in [0.2, 0.25) is 0 Å². The van der Waals surface area contributed by atoms with Crippen LogP contribution in [0.15, 0.2) is 24.3 Å². The number of hydrogen-bond donors (Lipinski definition) is 2. The van der Waals surface area contributed by atoms with Crippen molar-refractivity contribution in [3.63, 3.8) is 0 Å². The Kier molecular flexibility index (Phi) is 4.50. The summed E-state index contributed by atoms with van der Waals surface area (Å²) in [4.78, 5) is 25.3. The highest BCUT2D eigenvalue weighted by atomic mass is 16.4. The van der Waals surface area contributed by atoms with Crippen molar-refractivity contribution in [3.8, 4) is 0 Å². The van der Waals surface area contributed by atoms with Crippen molar-refractivity contribution in [2.24, 2.45) is 5.41 Å². The molecule has 0 saturated carbocycles. The van der Waals surface area contributed by atoms with Gasteiger partial charge in [-0.3, -0.25) is 0 Å². The third-order valence-corrected chi connectivity index (χ3v) is 4.03. The number of carbonyl (C=O) groups excluding carboxylic acids is 1. The first-order valence-electron chi connectivity index (χ1n) is 7.27. The first kappa shape index (κ1) is 15.4. The maximum Gasteiger partial charge on any atom is 0.337 e. The number of nitrogens with one attached hydrogen (secondary N) is 1. The van der Waals surface area contributed by atoms with E-state index in [1.54, 1.807) is 23.1 Å². The minimum atomic E-state index is -1.04. The molecule has 0 radical (unpaired) electrons. The first-order valence-corrected chi connectivity index (χ1v) is 7.27. The van der Waals surface area contributed by atoms with E-state index in [0.29, 0.717) is 18.8 Å². The van der Waals surface area contributed by atoms with Gasteiger partial charge in [0, 0.05) is 13.1 Å². The fourth-order valence-electron chi connectivity index (χ4n) is 2.60. The molecule has 0 aromatic heterocycles. The second-order valence-electron chi connectivity index (χ2n) is 6.29. The minimum absolute atomic E-state index is 0.112. The molecule has 5 heteroatoms. The summed E-state index contributed by atoms with van der Waals surface area (Å²) in [7, 11) is 0. The molecule has 114 valence electrons. The normalized spacial score (nSPS) is 17.9. The molecule has 0 bridgehead atoms. The number of aromatic carboxylic acids is 1. The molecule has 1 aromatic rings. The predicted octanol–water partition coefficient (Wildman–Crippen LogP) is 3.43. The van der Waals surface area contributed by atoms with Crippen LogP contribution >= 0.6 is 0 Å². The summed E-state index contributed by atoms with van der Waals surface area (Å²) < 4.78 is 0. The maximum atomic E-state index is 12.3. The molecular weight excluding hydrogens is 268 g/mol. The molecule has 2 rings (SSSR count). The quantitative estimate of drug-likeness (QED) is 0.876. The SMILES string of the molecule is CC1(C)CCCN(C(=O)Nc2ccccc2C(=O)O)CC1. The molecule has 0 unspecified atom stereocenters. The predicted molar refractivity (Wildman–Crippen MR) is 81.6 cm³/mol. The number of amides is 2. The van der Waals surface area contributed by atoms with Crippen LogP contribution < -0.4 is 5.32 Å². The zero-order chi connectivity index (χ0) is 15.5. The molecule has 21 heavy (non-hydrogen) atoms. The van der Waals surface area contributed by atoms with Gasteiger partial charge in [-0.05, 0) is 36.8 Å². The lowest BCUT2D eigenvalue weighted by Crippen LogP contribution is -2.36. The molecule has 2 amide bonds. The molecule has 1 fully saturated rings. The van der Waals surface area contributed by atoms with E-state index >= 15 is 0 Å². The van der Waals surface area contributed by atoms with Gasteiger partial charge in [-0.1, -0.05) is 26.0 Å². The monoisotopic (exact) mass is 290 g/mol. The van der Waals surface area contributed by atoms with E-state index in [-0.39, 0.29) is 17.0 Å². The highest BCUT2D eigenvalue weighted by molar-refractivity contribution is 5.99. The van der Waals surface area contributed by atoms with Gasteiger partial charge in [0.25, 0.3) is 0 Å². The Morgan fingerprint density at radius 3 is 2.62 bits per heavy atom. The molecule has 0 atom stereocenters. The Labute approximate surface area is 125 Å². The van der Waals surface area contributed by atoms with Gasteiger partial charge in [0.1, 0.15) is 0 Å². The van der Waals surface area contributed by atoms with Crippen LogP contribution in [0.3, 0.4) is 0 Å². The lowest BCUT2D eigenvalue weighted by Gasteiger charge is -2.23. The summed E-state index contributed by atoms with van der Waals surface area (Å²) in [5.41, 5.74) is 0.716. The molecule has 1 aromatic carbocycles. The zero-order valence-electron chi connectivity index (χ0n) is 12.6. The summed E-state index contributed by atoms with van der Waals surface area (Å²) in [6.45, 7) is 5.85. The third kappa shape index (κ3) is 3.97. The molecule has 1 saturated heterocycles. The Bertz CT molecular complexity index is 540. The molecule has 1 aliphatic rings. The summed E-state index contributed by atoms with van der Waals surface area (Å²) >= 11 is 0. The Hall–Kier alpha value is -2.04. The van der Waals surface area contributed by atoms with E-state index in [0.717, 1.165) is 19.3 Å². The van der Waals surface area contributed by atoms with Crippen LogP contribution in [0.1, 0.15) is 43.5 Å². The van der Waals surface area contributed by atoms with Crippen LogP contribution in [0.4, 0.5) is 10.5 Å². The Morgan fingerprint density at radius 1 is 1.19 bits per heavy atom. The fourth-order valence-corrected chi connectivity index (χ4v) is 2.60. The highest BCUT2D eigenvalue weighted by Crippen LogP contribution is 2.30. The Balaban J connectivity index is 2.06. The fraction of sp³-hybridized carbons (Fsp3) is 0.500. The molecule has 0 aliphatic carbocycles. The number of hydrogen-bond acceptors (Lipinski definition) is 2. The maximum absolute atomic E-state index is 12.3. The van der Waals surface area contributed by atoms with Gasteiger partial charge in [-0.25, -0.2) is 9.59 Å². The summed E-state index contributed by atoms with van der Waals surface area (Å²) in [6, 6.07) is 6.25. The van der Waals surface area contributed by atoms with E-state index in [4.69, 9.17) is 5.11 Å². The first-order chi connectivity index (χ1) is 9.89. The van der Waals surface area contributed by atoms with Crippen molar-refractivity contribution in [3.05, 3.63) is 29.8 Å². The standard InChI is InChI=1S/C16H22N2O3/c1-16(2)8-5-10-18(11-9-16)15(21)17-13-7-4-3-6-12(13)14(19)20/h3-4,6-7H,5,8-11H2,1-2H3,(H,17,21)(H,19,20). The molecular formula is C16H22N2O3. The Morgan fingerprint density at radius 2 is 1.90 bits per heavy atom. The summed E-state index contributed by atoms with van der Waals surface area (Å²) in [5, 5.41) is 11.9. The molecule has 0 spiro atoms. The van der Waals surface area contributed by atoms with Gasteiger partial charge >= 0.3 is 12.0 Å². The number of anilines is 1. The zero-order valence-corrected chi connectivity index (χ0v) is 12.6. The second-order valence-corrected chi connectivity index (χ2v) is 6.29. The van der Waals surface area contributed by atoms with Crippen LogP contribution in [-0.4, -0.2) is 35.1 Å². The van der Waals surface area contributed by atoms with Crippen molar-refractivity contribution in [2.45, 2.75) is 33.1 Å². The number of urea groups is 1. The summed E-state index contributed by atoms with van der Waals surface area (Å²) in [5.74, 6) is -1.04. The van der Waals surface area contributed by atoms with Crippen LogP contribution in [0.25, 0.3) is 0 Å². The van der Waals surface area contributed by atoms with E-state index in [2.05, 4.69) is 19.2 Å². The number of likely N-dealkylation sites (tertiary alicyclic amines) is 1. The average Bonchev–Trinajstić information content (AvgIpc) is 2.60. The van der Waals surface area contributed by atoms with E-state index in [1.807, 2.05) is 0 Å². The van der Waals surface area contributed by atoms with Gasteiger partial charge in [0.15, 0.2) is 0 Å². The van der Waals surface area contributed by atoms with Crippen molar-refractivity contribution in [2.75, 3.05) is 18.4 Å². The number of para-hydroxylation sites is 1. The number of carbonyl (C=O) groups is 2. The highest BCUT2D eigenvalue weighted by Gasteiger charge is 2.25.